The lowest BCUT2D eigenvalue weighted by molar-refractivity contribution is -0.187. The van der Waals surface area contributed by atoms with Gasteiger partial charge in [-0.25, -0.2) is 9.59 Å². The molecule has 29 heavy (non-hydrogen) atoms. The van der Waals surface area contributed by atoms with E-state index in [1.807, 2.05) is 0 Å². The molecule has 1 rings (SSSR count). The molecule has 0 aromatic carbocycles. The summed E-state index contributed by atoms with van der Waals surface area (Å²) in [4.78, 5) is 33.4. The normalized spacial score (nSPS) is 26.4. The van der Waals surface area contributed by atoms with Gasteiger partial charge in [0.05, 0.1) is 31.8 Å². The Bertz CT molecular complexity index is 594. The number of aliphatic carboxylic acids is 2. The molecule has 0 aromatic rings. The second-order valence-electron chi connectivity index (χ2n) is 6.02. The van der Waals surface area contributed by atoms with Crippen LogP contribution in [-0.2, 0) is 14.4 Å². The number of hydrogen-bond donors (Lipinski definition) is 9. The van der Waals surface area contributed by atoms with Crippen LogP contribution in [0.25, 0.3) is 0 Å². The number of carboxylic acid groups (broad SMARTS) is 2. The number of guanidine groups is 1. The van der Waals surface area contributed by atoms with Crippen molar-refractivity contribution < 1.29 is 50.1 Å². The smallest absolute Gasteiger partial charge is 0.328 e. The number of rotatable bonds is 6. The van der Waals surface area contributed by atoms with Crippen molar-refractivity contribution in [2.75, 3.05) is 26.8 Å². The third-order valence-corrected chi connectivity index (χ3v) is 4.02. The van der Waals surface area contributed by atoms with Crippen LogP contribution in [0.4, 0.5) is 0 Å². The van der Waals surface area contributed by atoms with Crippen molar-refractivity contribution in [1.29, 1.82) is 5.41 Å². The number of carbonyl (C=O) groups excluding carboxylic acids is 1. The Labute approximate surface area is 165 Å². The maximum Gasteiger partial charge on any atom is 0.328 e. The van der Waals surface area contributed by atoms with E-state index in [4.69, 9.17) is 21.4 Å². The van der Waals surface area contributed by atoms with Gasteiger partial charge in [0.2, 0.25) is 5.91 Å². The molecule has 0 bridgehead atoms. The highest BCUT2D eigenvalue weighted by Gasteiger charge is 2.49. The number of likely N-dealkylation sites (N-methyl/N-ethyl adjacent to an activating group) is 1. The van der Waals surface area contributed by atoms with Crippen LogP contribution >= 0.6 is 0 Å². The lowest BCUT2D eigenvalue weighted by Crippen LogP contribution is -2.70. The highest BCUT2D eigenvalue weighted by Crippen LogP contribution is 2.24. The van der Waals surface area contributed by atoms with Gasteiger partial charge in [-0.1, -0.05) is 0 Å². The molecule has 0 aromatic heterocycles. The summed E-state index contributed by atoms with van der Waals surface area (Å²) >= 11 is 0. The molecular weight excluding hydrogens is 396 g/mol. The molecule has 166 valence electrons. The van der Waals surface area contributed by atoms with E-state index in [0.717, 1.165) is 9.80 Å². The fourth-order valence-electron chi connectivity index (χ4n) is 2.51. The van der Waals surface area contributed by atoms with Crippen LogP contribution in [0.15, 0.2) is 12.2 Å². The molecule has 0 saturated carbocycles. The minimum atomic E-state index is -1.59. The first-order valence-electron chi connectivity index (χ1n) is 8.15. The third kappa shape index (κ3) is 7.63. The molecule has 0 unspecified atom stereocenters. The number of carboxylic acids is 2. The van der Waals surface area contributed by atoms with Gasteiger partial charge in [0.25, 0.3) is 0 Å². The summed E-state index contributed by atoms with van der Waals surface area (Å²) in [6.07, 6.45) is -3.59. The fraction of sp³-hybridized carbons (Fsp3) is 0.600. The van der Waals surface area contributed by atoms with Crippen LogP contribution in [0.3, 0.4) is 0 Å². The van der Waals surface area contributed by atoms with Crippen LogP contribution in [0, 0.1) is 5.41 Å². The Morgan fingerprint density at radius 1 is 0.966 bits per heavy atom. The molecule has 1 amide bonds. The number of aliphatic hydroxyl groups excluding tert-OH is 5. The number of nitrogens with zero attached hydrogens (tertiary/aromatic N) is 2. The van der Waals surface area contributed by atoms with Crippen molar-refractivity contribution in [2.24, 2.45) is 5.73 Å². The summed E-state index contributed by atoms with van der Waals surface area (Å²) in [7, 11) is 1.40. The first-order valence-corrected chi connectivity index (χ1v) is 8.15. The quantitative estimate of drug-likeness (QED) is 0.111. The Kier molecular flexibility index (Phi) is 10.8. The van der Waals surface area contributed by atoms with E-state index in [-0.39, 0.29) is 12.5 Å². The van der Waals surface area contributed by atoms with Gasteiger partial charge in [0.15, 0.2) is 5.96 Å². The molecule has 1 fully saturated rings. The van der Waals surface area contributed by atoms with Gasteiger partial charge in [-0.05, 0) is 0 Å². The number of amides is 1. The number of piperidine rings is 1. The average Bonchev–Trinajstić information content (AvgIpc) is 2.64. The van der Waals surface area contributed by atoms with Crippen molar-refractivity contribution >= 4 is 23.8 Å². The van der Waals surface area contributed by atoms with Crippen molar-refractivity contribution in [3.63, 3.8) is 0 Å². The number of nitrogens with two attached hydrogens (primary N) is 1. The Balaban J connectivity index is 0.000000828. The minimum absolute atomic E-state index is 0.335. The van der Waals surface area contributed by atoms with Gasteiger partial charge in [0, 0.05) is 19.2 Å². The van der Waals surface area contributed by atoms with Gasteiger partial charge >= 0.3 is 11.9 Å². The van der Waals surface area contributed by atoms with E-state index in [2.05, 4.69) is 0 Å². The predicted octanol–water partition coefficient (Wildman–Crippen LogP) is -4.83. The molecule has 1 aliphatic rings. The number of hydrogen-bond acceptors (Lipinski definition) is 9. The molecule has 1 saturated heterocycles. The summed E-state index contributed by atoms with van der Waals surface area (Å²) < 4.78 is 0. The molecular formula is C15H26N4O10. The largest absolute Gasteiger partial charge is 0.478 e. The van der Waals surface area contributed by atoms with E-state index in [9.17, 15) is 39.9 Å². The molecule has 1 aliphatic heterocycles. The lowest BCUT2D eigenvalue weighted by Gasteiger charge is -2.48. The first-order chi connectivity index (χ1) is 13.4. The topological polar surface area (TPSA) is 249 Å². The van der Waals surface area contributed by atoms with Crippen LogP contribution in [0.5, 0.6) is 0 Å². The third-order valence-electron chi connectivity index (χ3n) is 4.02. The SMILES string of the molecule is CN(CC(=O)N1[C@H](CO)[C@@H](O)C(O)[C@H](O)[C@H]1CO)C(=N)N.O=C(O)/C=C\C(=O)O. The van der Waals surface area contributed by atoms with Crippen LogP contribution < -0.4 is 5.73 Å². The molecule has 0 aliphatic carbocycles. The van der Waals surface area contributed by atoms with Gasteiger partial charge in [-0.3, -0.25) is 10.2 Å². The first kappa shape index (κ1) is 26.2. The van der Waals surface area contributed by atoms with Crippen molar-refractivity contribution in [1.82, 2.24) is 9.80 Å². The van der Waals surface area contributed by atoms with E-state index in [1.165, 1.54) is 7.05 Å². The van der Waals surface area contributed by atoms with E-state index in [1.54, 1.807) is 0 Å². The van der Waals surface area contributed by atoms with Crippen LogP contribution in [-0.4, -0.2) is 127 Å². The predicted molar refractivity (Wildman–Crippen MR) is 95.6 cm³/mol. The van der Waals surface area contributed by atoms with Gasteiger partial charge in [-0.2, -0.15) is 0 Å². The summed E-state index contributed by atoms with van der Waals surface area (Å²) in [5, 5.41) is 70.9. The zero-order valence-electron chi connectivity index (χ0n) is 15.5. The lowest BCUT2D eigenvalue weighted by atomic mass is 9.88. The Morgan fingerprint density at radius 2 is 1.34 bits per heavy atom. The number of carbonyl (C=O) groups is 3. The second-order valence-corrected chi connectivity index (χ2v) is 6.02. The highest BCUT2D eigenvalue weighted by atomic mass is 16.4. The van der Waals surface area contributed by atoms with Gasteiger partial charge in [0.1, 0.15) is 18.3 Å². The van der Waals surface area contributed by atoms with Gasteiger partial charge < -0.3 is 51.3 Å². The molecule has 0 spiro atoms. The number of nitrogens with one attached hydrogen (secondary N) is 1. The maximum absolute atomic E-state index is 12.3. The summed E-state index contributed by atoms with van der Waals surface area (Å²) in [6, 6.07) is -2.35. The molecule has 4 atom stereocenters. The fourth-order valence-corrected chi connectivity index (χ4v) is 2.51. The van der Waals surface area contributed by atoms with Crippen LogP contribution in [0.1, 0.15) is 0 Å². The van der Waals surface area contributed by atoms with Crippen molar-refractivity contribution in [3.05, 3.63) is 12.2 Å². The molecule has 10 N–H and O–H groups in total. The van der Waals surface area contributed by atoms with Crippen molar-refractivity contribution in [3.8, 4) is 0 Å². The van der Waals surface area contributed by atoms with Crippen molar-refractivity contribution in [2.45, 2.75) is 30.4 Å². The molecule has 14 nitrogen and oxygen atoms in total. The standard InChI is InChI=1S/C11H22N4O6.C4H4O4/c1-14(11(12)13)2-7(18)15-5(3-16)8(19)10(21)9(20)6(15)4-17;5-3(6)1-2-4(7)8/h5-6,8-10,16-17,19-21H,2-4H2,1H3,(H3,12,13);1-2H,(H,5,6)(H,7,8)/b;2-1-/t5-,6-,8-,9-;/m1./s1. The maximum atomic E-state index is 12.3. The second kappa shape index (κ2) is 11.9. The number of likely N-dealkylation sites (tertiary alicyclic amines) is 1. The Morgan fingerprint density at radius 3 is 1.62 bits per heavy atom. The zero-order chi connectivity index (χ0) is 22.9. The van der Waals surface area contributed by atoms with Gasteiger partial charge in [-0.15, -0.1) is 0 Å². The monoisotopic (exact) mass is 422 g/mol. The summed E-state index contributed by atoms with van der Waals surface area (Å²) in [5.41, 5.74) is 5.23. The molecule has 1 heterocycles. The Hall–Kier alpha value is -2.78. The summed E-state index contributed by atoms with van der Waals surface area (Å²) in [5.74, 6) is -3.53. The highest BCUT2D eigenvalue weighted by molar-refractivity contribution is 5.89. The van der Waals surface area contributed by atoms with Crippen LogP contribution in [0.2, 0.25) is 0 Å². The zero-order valence-corrected chi connectivity index (χ0v) is 15.5. The van der Waals surface area contributed by atoms with E-state index < -0.39 is 61.5 Å². The van der Waals surface area contributed by atoms with E-state index in [0.29, 0.717) is 12.2 Å². The molecule has 0 radical (unpaired) electrons. The van der Waals surface area contributed by atoms with E-state index >= 15 is 0 Å². The molecule has 14 heteroatoms. The summed E-state index contributed by atoms with van der Waals surface area (Å²) in [6.45, 7) is -1.65. The minimum Gasteiger partial charge on any atom is -0.478 e. The average molecular weight is 422 g/mol. The number of aliphatic hydroxyl groups is 5.